The Morgan fingerprint density at radius 3 is 1.23 bits per heavy atom. The molecule has 0 spiro atoms. The third-order valence-electron chi connectivity index (χ3n) is 3.45. The van der Waals surface area contributed by atoms with Crippen LogP contribution in [0, 0.1) is 0 Å². The number of allylic oxidation sites excluding steroid dienone is 2. The van der Waals surface area contributed by atoms with Crippen molar-refractivity contribution < 1.29 is 13.3 Å². The van der Waals surface area contributed by atoms with Gasteiger partial charge in [0.15, 0.2) is 0 Å². The molecule has 0 radical (unpaired) electrons. The first kappa shape index (κ1) is 17.6. The van der Waals surface area contributed by atoms with Crippen LogP contribution in [-0.4, -0.2) is 8.80 Å². The van der Waals surface area contributed by atoms with E-state index in [4.69, 9.17) is 13.3 Å². The molecule has 3 aromatic rings. The van der Waals surface area contributed by atoms with Gasteiger partial charge >= 0.3 is 8.80 Å². The van der Waals surface area contributed by atoms with E-state index in [9.17, 15) is 0 Å². The Morgan fingerprint density at radius 2 is 0.923 bits per heavy atom. The minimum absolute atomic E-state index is 0.680. The molecule has 3 nitrogen and oxygen atoms in total. The molecule has 0 atom stereocenters. The average molecular weight is 360 g/mol. The van der Waals surface area contributed by atoms with E-state index in [0.29, 0.717) is 17.2 Å². The summed E-state index contributed by atoms with van der Waals surface area (Å²) in [7, 11) is -3.29. The van der Waals surface area contributed by atoms with Gasteiger partial charge in [-0.3, -0.25) is 0 Å². The maximum atomic E-state index is 6.27. The van der Waals surface area contributed by atoms with E-state index in [-0.39, 0.29) is 0 Å². The second kappa shape index (κ2) is 8.74. The lowest BCUT2D eigenvalue weighted by Crippen LogP contribution is -2.53. The zero-order valence-electron chi connectivity index (χ0n) is 14.3. The van der Waals surface area contributed by atoms with Gasteiger partial charge in [-0.05, 0) is 36.4 Å². The zero-order chi connectivity index (χ0) is 18.1. The number of benzene rings is 3. The van der Waals surface area contributed by atoms with Crippen molar-refractivity contribution in [2.45, 2.75) is 0 Å². The van der Waals surface area contributed by atoms with E-state index < -0.39 is 8.80 Å². The molecule has 0 aromatic heterocycles. The molecule has 0 amide bonds. The van der Waals surface area contributed by atoms with Crippen molar-refractivity contribution in [2.24, 2.45) is 0 Å². The van der Waals surface area contributed by atoms with Gasteiger partial charge in [0.25, 0.3) is 0 Å². The van der Waals surface area contributed by atoms with Gasteiger partial charge in [-0.25, -0.2) is 0 Å². The van der Waals surface area contributed by atoms with E-state index in [0.717, 1.165) is 0 Å². The average Bonchev–Trinajstić information content (AvgIpc) is 2.69. The molecule has 0 aliphatic rings. The molecule has 3 rings (SSSR count). The summed E-state index contributed by atoms with van der Waals surface area (Å²) in [6, 6.07) is 28.6. The molecule has 0 saturated heterocycles. The van der Waals surface area contributed by atoms with E-state index >= 15 is 0 Å². The van der Waals surface area contributed by atoms with Gasteiger partial charge in [0.2, 0.25) is 0 Å². The van der Waals surface area contributed by atoms with Crippen LogP contribution in [0.4, 0.5) is 0 Å². The summed E-state index contributed by atoms with van der Waals surface area (Å²) in [4.78, 5) is 0. The number of hydrogen-bond acceptors (Lipinski definition) is 3. The monoisotopic (exact) mass is 360 g/mol. The quantitative estimate of drug-likeness (QED) is 0.395. The van der Waals surface area contributed by atoms with Gasteiger partial charge in [-0.1, -0.05) is 73.3 Å². The Kier molecular flexibility index (Phi) is 5.91. The van der Waals surface area contributed by atoms with Crippen molar-refractivity contribution in [3.63, 3.8) is 0 Å². The summed E-state index contributed by atoms with van der Waals surface area (Å²) in [5.41, 5.74) is 1.83. The van der Waals surface area contributed by atoms with Crippen LogP contribution >= 0.6 is 0 Å². The van der Waals surface area contributed by atoms with Crippen LogP contribution in [-0.2, 0) is 0 Å². The van der Waals surface area contributed by atoms with Crippen molar-refractivity contribution in [3.8, 4) is 17.2 Å². The van der Waals surface area contributed by atoms with E-state index in [2.05, 4.69) is 6.58 Å². The van der Waals surface area contributed by atoms with Crippen LogP contribution < -0.4 is 13.3 Å². The van der Waals surface area contributed by atoms with Crippen LogP contribution in [0.15, 0.2) is 115 Å². The normalized spacial score (nSPS) is 11.1. The van der Waals surface area contributed by atoms with Crippen LogP contribution in [0.25, 0.3) is 0 Å². The van der Waals surface area contributed by atoms with Crippen molar-refractivity contribution in [1.82, 2.24) is 0 Å². The standard InChI is InChI=1S/C22H20O3Si/c1-2-3-19-26(23-20-13-7-4-8-14-20,24-21-15-9-5-10-16-21)25-22-17-11-6-12-18-22/h2-19H,1H2. The maximum Gasteiger partial charge on any atom is 0.729 e. The lowest BCUT2D eigenvalue weighted by Gasteiger charge is -2.28. The van der Waals surface area contributed by atoms with Gasteiger partial charge in [0, 0.05) is 5.70 Å². The molecule has 0 bridgehead atoms. The van der Waals surface area contributed by atoms with Gasteiger partial charge in [0.05, 0.1) is 0 Å². The Morgan fingerprint density at radius 1 is 0.577 bits per heavy atom. The van der Waals surface area contributed by atoms with E-state index in [1.165, 1.54) is 0 Å². The summed E-state index contributed by atoms with van der Waals surface area (Å²) >= 11 is 0. The SMILES string of the molecule is C=CC=C[Si](Oc1ccccc1)(Oc1ccccc1)Oc1ccccc1. The Hall–Kier alpha value is -3.24. The second-order valence-corrected chi connectivity index (χ2v) is 7.60. The highest BCUT2D eigenvalue weighted by Crippen LogP contribution is 2.24. The summed E-state index contributed by atoms with van der Waals surface area (Å²) in [6.07, 6.45) is 3.47. The molecule has 26 heavy (non-hydrogen) atoms. The summed E-state index contributed by atoms with van der Waals surface area (Å²) < 4.78 is 18.8. The van der Waals surface area contributed by atoms with Crippen molar-refractivity contribution in [2.75, 3.05) is 0 Å². The van der Waals surface area contributed by atoms with Gasteiger partial charge < -0.3 is 13.3 Å². The van der Waals surface area contributed by atoms with E-state index in [1.807, 2.05) is 96.7 Å². The van der Waals surface area contributed by atoms with Crippen molar-refractivity contribution in [3.05, 3.63) is 115 Å². The van der Waals surface area contributed by atoms with Crippen molar-refractivity contribution in [1.29, 1.82) is 0 Å². The molecular formula is C22H20O3Si. The fourth-order valence-corrected chi connectivity index (χ4v) is 4.40. The predicted octanol–water partition coefficient (Wildman–Crippen LogP) is 5.44. The minimum atomic E-state index is -3.29. The molecule has 0 saturated carbocycles. The summed E-state index contributed by atoms with van der Waals surface area (Å²) in [6.45, 7) is 3.75. The Bertz CT molecular complexity index is 732. The number of para-hydroxylation sites is 3. The molecule has 130 valence electrons. The molecule has 3 aromatic carbocycles. The highest BCUT2D eigenvalue weighted by atomic mass is 28.4. The fourth-order valence-electron chi connectivity index (χ4n) is 2.31. The summed E-state index contributed by atoms with van der Waals surface area (Å²) in [5, 5.41) is 0. The van der Waals surface area contributed by atoms with E-state index in [1.54, 1.807) is 12.2 Å². The maximum absolute atomic E-state index is 6.27. The Balaban J connectivity index is 2.00. The first-order valence-corrected chi connectivity index (χ1v) is 10.1. The van der Waals surface area contributed by atoms with Gasteiger partial charge in [-0.15, -0.1) is 0 Å². The number of hydrogen-bond donors (Lipinski definition) is 0. The van der Waals surface area contributed by atoms with Crippen molar-refractivity contribution >= 4 is 8.80 Å². The zero-order valence-corrected chi connectivity index (χ0v) is 15.3. The predicted molar refractivity (Wildman–Crippen MR) is 106 cm³/mol. The fraction of sp³-hybridized carbons (Fsp3) is 0. The highest BCUT2D eigenvalue weighted by Gasteiger charge is 2.46. The topological polar surface area (TPSA) is 27.7 Å². The molecule has 0 fully saturated rings. The molecule has 0 N–H and O–H groups in total. The van der Waals surface area contributed by atoms with Crippen LogP contribution in [0.3, 0.4) is 0 Å². The molecule has 0 aliphatic carbocycles. The smallest absolute Gasteiger partial charge is 0.480 e. The largest absolute Gasteiger partial charge is 0.729 e. The van der Waals surface area contributed by atoms with Gasteiger partial charge in [0.1, 0.15) is 17.2 Å². The highest BCUT2D eigenvalue weighted by molar-refractivity contribution is 6.68. The van der Waals surface area contributed by atoms with Crippen LogP contribution in [0.2, 0.25) is 0 Å². The number of rotatable bonds is 8. The van der Waals surface area contributed by atoms with Crippen LogP contribution in [0.1, 0.15) is 0 Å². The third kappa shape index (κ3) is 4.88. The Labute approximate surface area is 155 Å². The molecule has 0 heterocycles. The minimum Gasteiger partial charge on any atom is -0.480 e. The lowest BCUT2D eigenvalue weighted by molar-refractivity contribution is 0.279. The molecule has 0 unspecified atom stereocenters. The second-order valence-electron chi connectivity index (χ2n) is 5.44. The third-order valence-corrected chi connectivity index (χ3v) is 5.61. The first-order valence-electron chi connectivity index (χ1n) is 8.32. The van der Waals surface area contributed by atoms with Gasteiger partial charge in [-0.2, -0.15) is 0 Å². The lowest BCUT2D eigenvalue weighted by atomic mass is 10.3. The molecule has 4 heteroatoms. The van der Waals surface area contributed by atoms with Crippen LogP contribution in [0.5, 0.6) is 17.2 Å². The molecular weight excluding hydrogens is 340 g/mol. The first-order chi connectivity index (χ1) is 12.8. The summed E-state index contributed by atoms with van der Waals surface area (Å²) in [5.74, 6) is 2.04. The molecule has 0 aliphatic heterocycles.